The maximum atomic E-state index is 12.2. The van der Waals surface area contributed by atoms with E-state index in [9.17, 15) is 18.0 Å². The third-order valence-corrected chi connectivity index (χ3v) is 3.96. The minimum Gasteiger partial charge on any atom is -0.387 e. The molecule has 134 valence electrons. The van der Waals surface area contributed by atoms with Crippen molar-refractivity contribution in [2.45, 2.75) is 31.5 Å². The summed E-state index contributed by atoms with van der Waals surface area (Å²) in [5.41, 5.74) is 1.42. The van der Waals surface area contributed by atoms with Gasteiger partial charge in [-0.1, -0.05) is 6.07 Å². The fourth-order valence-corrected chi connectivity index (χ4v) is 2.71. The van der Waals surface area contributed by atoms with Crippen LogP contribution in [0.4, 0.5) is 24.5 Å². The Morgan fingerprint density at radius 3 is 2.54 bits per heavy atom. The van der Waals surface area contributed by atoms with Crippen LogP contribution in [0.3, 0.4) is 0 Å². The van der Waals surface area contributed by atoms with Crippen molar-refractivity contribution in [3.05, 3.63) is 24.3 Å². The number of anilines is 2. The Morgan fingerprint density at radius 1 is 1.25 bits per heavy atom. The summed E-state index contributed by atoms with van der Waals surface area (Å²) in [6.07, 6.45) is -3.33. The number of hydrogen-bond donors (Lipinski definition) is 3. The van der Waals surface area contributed by atoms with Gasteiger partial charge in [0, 0.05) is 37.1 Å². The van der Waals surface area contributed by atoms with Gasteiger partial charge in [-0.2, -0.15) is 13.2 Å². The van der Waals surface area contributed by atoms with Gasteiger partial charge < -0.3 is 20.6 Å². The molecule has 0 spiro atoms. The molecule has 8 heteroatoms. The van der Waals surface area contributed by atoms with Crippen molar-refractivity contribution in [2.75, 3.05) is 36.9 Å². The number of rotatable bonds is 6. The van der Waals surface area contributed by atoms with Crippen LogP contribution in [0.2, 0.25) is 0 Å². The lowest BCUT2D eigenvalue weighted by Crippen LogP contribution is -2.40. The highest BCUT2D eigenvalue weighted by molar-refractivity contribution is 5.91. The highest BCUT2D eigenvalue weighted by Crippen LogP contribution is 2.23. The van der Waals surface area contributed by atoms with E-state index in [0.717, 1.165) is 18.5 Å². The topological polar surface area (TPSA) is 64.6 Å². The molecule has 0 aliphatic carbocycles. The van der Waals surface area contributed by atoms with E-state index in [2.05, 4.69) is 10.6 Å². The summed E-state index contributed by atoms with van der Waals surface area (Å²) in [7, 11) is 0. The van der Waals surface area contributed by atoms with E-state index in [1.54, 1.807) is 18.2 Å². The molecule has 0 saturated carbocycles. The predicted octanol–water partition coefficient (Wildman–Crippen LogP) is 2.45. The first kappa shape index (κ1) is 18.5. The molecule has 24 heavy (non-hydrogen) atoms. The minimum atomic E-state index is -4.10. The molecule has 1 fully saturated rings. The Balaban J connectivity index is 1.79. The van der Waals surface area contributed by atoms with E-state index in [1.807, 2.05) is 11.0 Å². The summed E-state index contributed by atoms with van der Waals surface area (Å²) in [4.78, 5) is 13.0. The molecule has 1 heterocycles. The van der Waals surface area contributed by atoms with E-state index in [4.69, 9.17) is 5.11 Å². The van der Waals surface area contributed by atoms with Gasteiger partial charge in [0.2, 0.25) is 5.91 Å². The molecule has 1 aliphatic rings. The van der Waals surface area contributed by atoms with Gasteiger partial charge in [0.1, 0.15) is 6.61 Å². The number of nitrogens with zero attached hydrogens (tertiary/aromatic N) is 1. The Labute approximate surface area is 138 Å². The molecule has 1 amide bonds. The third-order valence-electron chi connectivity index (χ3n) is 3.96. The zero-order valence-corrected chi connectivity index (χ0v) is 13.3. The number of amides is 1. The number of carbonyl (C=O) groups excluding carboxylic acids is 1. The smallest absolute Gasteiger partial charge is 0.387 e. The highest BCUT2D eigenvalue weighted by Gasteiger charge is 2.29. The van der Waals surface area contributed by atoms with Gasteiger partial charge in [0.15, 0.2) is 0 Å². The second kappa shape index (κ2) is 8.34. The maximum Gasteiger partial charge on any atom is 0.390 e. The van der Waals surface area contributed by atoms with Gasteiger partial charge in [-0.25, -0.2) is 0 Å². The average molecular weight is 345 g/mol. The first-order valence-corrected chi connectivity index (χ1v) is 7.92. The van der Waals surface area contributed by atoms with Crippen LogP contribution in [0, 0.1) is 0 Å². The van der Waals surface area contributed by atoms with Crippen molar-refractivity contribution >= 4 is 17.3 Å². The van der Waals surface area contributed by atoms with E-state index < -0.39 is 25.1 Å². The monoisotopic (exact) mass is 345 g/mol. The standard InChI is InChI=1S/C16H22F3N3O2/c17-16(18,19)6-9-22-7-4-12(5-8-22)20-13-2-1-3-14(10-13)21-15(24)11-23/h1-3,10,12,20,23H,4-9,11H2,(H,21,24). The molecule has 2 rings (SSSR count). The number of piperidine rings is 1. The summed E-state index contributed by atoms with van der Waals surface area (Å²) in [6, 6.07) is 7.33. The SMILES string of the molecule is O=C(CO)Nc1cccc(NC2CCN(CCC(F)(F)F)CC2)c1. The van der Waals surface area contributed by atoms with Gasteiger partial charge >= 0.3 is 6.18 Å². The predicted molar refractivity (Wildman–Crippen MR) is 85.9 cm³/mol. The number of likely N-dealkylation sites (tertiary alicyclic amines) is 1. The fraction of sp³-hybridized carbons (Fsp3) is 0.562. The summed E-state index contributed by atoms with van der Waals surface area (Å²) >= 11 is 0. The molecule has 1 aromatic carbocycles. The lowest BCUT2D eigenvalue weighted by molar-refractivity contribution is -0.138. The number of hydrogen-bond acceptors (Lipinski definition) is 4. The Hall–Kier alpha value is -1.80. The minimum absolute atomic E-state index is 0.0545. The molecule has 1 aliphatic heterocycles. The molecular formula is C16H22F3N3O2. The number of aliphatic hydroxyl groups is 1. The number of benzene rings is 1. The summed E-state index contributed by atoms with van der Waals surface area (Å²) in [5.74, 6) is -0.481. The average Bonchev–Trinajstić information content (AvgIpc) is 2.54. The van der Waals surface area contributed by atoms with E-state index in [1.165, 1.54) is 0 Å². The lowest BCUT2D eigenvalue weighted by Gasteiger charge is -2.33. The number of aliphatic hydroxyl groups excluding tert-OH is 1. The fourth-order valence-electron chi connectivity index (χ4n) is 2.71. The second-order valence-corrected chi connectivity index (χ2v) is 5.91. The molecular weight excluding hydrogens is 323 g/mol. The van der Waals surface area contributed by atoms with Crippen LogP contribution < -0.4 is 10.6 Å². The number of alkyl halides is 3. The van der Waals surface area contributed by atoms with E-state index in [-0.39, 0.29) is 12.6 Å². The molecule has 3 N–H and O–H groups in total. The van der Waals surface area contributed by atoms with Crippen LogP contribution in [-0.4, -0.2) is 54.4 Å². The van der Waals surface area contributed by atoms with E-state index in [0.29, 0.717) is 18.8 Å². The molecule has 0 radical (unpaired) electrons. The summed E-state index contributed by atoms with van der Waals surface area (Å²) in [6.45, 7) is 0.746. The molecule has 1 aromatic rings. The zero-order chi connectivity index (χ0) is 17.6. The van der Waals surface area contributed by atoms with Crippen molar-refractivity contribution in [1.82, 2.24) is 4.90 Å². The first-order valence-electron chi connectivity index (χ1n) is 7.92. The number of carbonyl (C=O) groups is 1. The molecule has 1 saturated heterocycles. The quantitative estimate of drug-likeness (QED) is 0.741. The largest absolute Gasteiger partial charge is 0.390 e. The Morgan fingerprint density at radius 2 is 1.92 bits per heavy atom. The van der Waals surface area contributed by atoms with Crippen LogP contribution in [0.15, 0.2) is 24.3 Å². The van der Waals surface area contributed by atoms with E-state index >= 15 is 0 Å². The van der Waals surface area contributed by atoms with Gasteiger partial charge in [-0.15, -0.1) is 0 Å². The molecule has 0 atom stereocenters. The van der Waals surface area contributed by atoms with Crippen LogP contribution >= 0.6 is 0 Å². The second-order valence-electron chi connectivity index (χ2n) is 5.91. The molecule has 0 bridgehead atoms. The normalized spacial score (nSPS) is 16.8. The first-order chi connectivity index (χ1) is 11.4. The molecule has 0 unspecified atom stereocenters. The highest BCUT2D eigenvalue weighted by atomic mass is 19.4. The van der Waals surface area contributed by atoms with Gasteiger partial charge in [0.25, 0.3) is 0 Å². The van der Waals surface area contributed by atoms with Crippen molar-refractivity contribution in [3.63, 3.8) is 0 Å². The lowest BCUT2D eigenvalue weighted by atomic mass is 10.0. The van der Waals surface area contributed by atoms with Crippen LogP contribution in [0.1, 0.15) is 19.3 Å². The van der Waals surface area contributed by atoms with Crippen molar-refractivity contribution < 1.29 is 23.1 Å². The van der Waals surface area contributed by atoms with Crippen molar-refractivity contribution in [1.29, 1.82) is 0 Å². The zero-order valence-electron chi connectivity index (χ0n) is 13.3. The van der Waals surface area contributed by atoms with Crippen molar-refractivity contribution in [2.24, 2.45) is 0 Å². The van der Waals surface area contributed by atoms with Crippen LogP contribution in [-0.2, 0) is 4.79 Å². The van der Waals surface area contributed by atoms with Gasteiger partial charge in [0.05, 0.1) is 6.42 Å². The summed E-state index contributed by atoms with van der Waals surface area (Å²) < 4.78 is 36.7. The maximum absolute atomic E-state index is 12.2. The third kappa shape index (κ3) is 6.37. The molecule has 5 nitrogen and oxygen atoms in total. The van der Waals surface area contributed by atoms with Gasteiger partial charge in [-0.3, -0.25) is 4.79 Å². The van der Waals surface area contributed by atoms with Gasteiger partial charge in [-0.05, 0) is 31.0 Å². The van der Waals surface area contributed by atoms with Crippen LogP contribution in [0.25, 0.3) is 0 Å². The number of nitrogens with one attached hydrogen (secondary N) is 2. The molecule has 0 aromatic heterocycles. The Bertz CT molecular complexity index is 544. The van der Waals surface area contributed by atoms with Crippen molar-refractivity contribution in [3.8, 4) is 0 Å². The number of halogens is 3. The Kier molecular flexibility index (Phi) is 6.44. The van der Waals surface area contributed by atoms with Crippen LogP contribution in [0.5, 0.6) is 0 Å². The summed E-state index contributed by atoms with van der Waals surface area (Å²) in [5, 5.41) is 14.6.